The van der Waals surface area contributed by atoms with Gasteiger partial charge in [-0.2, -0.15) is 0 Å². The zero-order valence-corrected chi connectivity index (χ0v) is 15.7. The fourth-order valence-electron chi connectivity index (χ4n) is 4.71. The molecule has 2 heterocycles. The summed E-state index contributed by atoms with van der Waals surface area (Å²) in [6.45, 7) is 1.27. The highest BCUT2D eigenvalue weighted by Crippen LogP contribution is 2.35. The van der Waals surface area contributed by atoms with Crippen LogP contribution in [-0.4, -0.2) is 52.8 Å². The summed E-state index contributed by atoms with van der Waals surface area (Å²) in [4.78, 5) is 40.5. The molecule has 0 atom stereocenters. The molecule has 4 rings (SSSR count). The van der Waals surface area contributed by atoms with Crippen molar-refractivity contribution in [1.82, 2.24) is 15.1 Å². The van der Waals surface area contributed by atoms with E-state index in [1.165, 1.54) is 5.56 Å². The molecule has 1 aromatic rings. The molecule has 1 aromatic carbocycles. The van der Waals surface area contributed by atoms with Crippen molar-refractivity contribution < 1.29 is 14.4 Å². The van der Waals surface area contributed by atoms with Gasteiger partial charge in [-0.3, -0.25) is 14.5 Å². The van der Waals surface area contributed by atoms with Crippen molar-refractivity contribution in [3.8, 4) is 0 Å². The van der Waals surface area contributed by atoms with Crippen LogP contribution in [0.4, 0.5) is 4.79 Å². The minimum atomic E-state index is -0.736. The van der Waals surface area contributed by atoms with E-state index in [9.17, 15) is 14.4 Å². The van der Waals surface area contributed by atoms with Crippen LogP contribution in [0.2, 0.25) is 0 Å². The molecule has 1 N–H and O–H groups in total. The molecule has 1 spiro atoms. The third-order valence-corrected chi connectivity index (χ3v) is 6.33. The molecule has 2 saturated heterocycles. The van der Waals surface area contributed by atoms with E-state index in [-0.39, 0.29) is 18.4 Å². The number of urea groups is 1. The summed E-state index contributed by atoms with van der Waals surface area (Å²) in [5.74, 6) is 0.249. The van der Waals surface area contributed by atoms with Crippen LogP contribution in [0, 0.1) is 5.92 Å². The maximum Gasteiger partial charge on any atom is 0.325 e. The van der Waals surface area contributed by atoms with Crippen LogP contribution < -0.4 is 5.32 Å². The Morgan fingerprint density at radius 3 is 2.41 bits per heavy atom. The van der Waals surface area contributed by atoms with E-state index in [4.69, 9.17) is 0 Å². The Balaban J connectivity index is 1.30. The van der Waals surface area contributed by atoms with Crippen molar-refractivity contribution in [2.75, 3.05) is 19.6 Å². The van der Waals surface area contributed by atoms with Crippen molar-refractivity contribution in [3.05, 3.63) is 35.9 Å². The number of carbonyl (C=O) groups excluding carboxylic acids is 3. The molecule has 3 aliphatic rings. The Hall–Kier alpha value is -2.37. The third kappa shape index (κ3) is 3.57. The van der Waals surface area contributed by atoms with Gasteiger partial charge in [0.1, 0.15) is 12.1 Å². The second-order valence-electron chi connectivity index (χ2n) is 8.12. The summed E-state index contributed by atoms with van der Waals surface area (Å²) in [6.07, 6.45) is 6.24. The first-order valence-corrected chi connectivity index (χ1v) is 10.0. The highest BCUT2D eigenvalue weighted by Gasteiger charge is 2.52. The lowest BCUT2D eigenvalue weighted by Crippen LogP contribution is -2.47. The average Bonchev–Trinajstić information content (AvgIpc) is 3.24. The minimum absolute atomic E-state index is 0.119. The van der Waals surface area contributed by atoms with Crippen LogP contribution in [0.1, 0.15) is 44.1 Å². The van der Waals surface area contributed by atoms with Gasteiger partial charge in [0, 0.05) is 13.1 Å². The quantitative estimate of drug-likeness (QED) is 0.828. The minimum Gasteiger partial charge on any atom is -0.341 e. The highest BCUT2D eigenvalue weighted by atomic mass is 16.2. The Labute approximate surface area is 159 Å². The molecule has 144 valence electrons. The molecular formula is C21H27N3O3. The summed E-state index contributed by atoms with van der Waals surface area (Å²) in [5, 5.41) is 2.84. The number of benzene rings is 1. The number of hydrogen-bond donors (Lipinski definition) is 1. The molecular weight excluding hydrogens is 342 g/mol. The fourth-order valence-corrected chi connectivity index (χ4v) is 4.71. The van der Waals surface area contributed by atoms with Gasteiger partial charge in [-0.15, -0.1) is 0 Å². The molecule has 27 heavy (non-hydrogen) atoms. The van der Waals surface area contributed by atoms with Crippen LogP contribution in [0.5, 0.6) is 0 Å². The second-order valence-corrected chi connectivity index (χ2v) is 8.12. The van der Waals surface area contributed by atoms with Crippen molar-refractivity contribution in [1.29, 1.82) is 0 Å². The van der Waals surface area contributed by atoms with Crippen LogP contribution in [0.15, 0.2) is 30.3 Å². The molecule has 0 radical (unpaired) electrons. The monoisotopic (exact) mass is 369 g/mol. The van der Waals surface area contributed by atoms with E-state index in [0.29, 0.717) is 31.8 Å². The van der Waals surface area contributed by atoms with Crippen molar-refractivity contribution in [3.63, 3.8) is 0 Å². The molecule has 2 aliphatic heterocycles. The zero-order chi connectivity index (χ0) is 18.9. The van der Waals surface area contributed by atoms with E-state index in [0.717, 1.165) is 37.0 Å². The van der Waals surface area contributed by atoms with E-state index < -0.39 is 11.6 Å². The number of likely N-dealkylation sites (tertiary alicyclic amines) is 1. The van der Waals surface area contributed by atoms with Gasteiger partial charge < -0.3 is 10.2 Å². The number of rotatable bonds is 4. The lowest BCUT2D eigenvalue weighted by molar-refractivity contribution is -0.139. The van der Waals surface area contributed by atoms with Crippen LogP contribution >= 0.6 is 0 Å². The molecule has 4 amide bonds. The van der Waals surface area contributed by atoms with Gasteiger partial charge >= 0.3 is 6.03 Å². The van der Waals surface area contributed by atoms with E-state index >= 15 is 0 Å². The SMILES string of the molecule is O=C(CN1C(=O)NC2(CCCC2)C1=O)N1CCC(Cc2ccccc2)CC1. The van der Waals surface area contributed by atoms with Gasteiger partial charge in [-0.25, -0.2) is 4.79 Å². The maximum absolute atomic E-state index is 12.7. The summed E-state index contributed by atoms with van der Waals surface area (Å²) in [5.41, 5.74) is 0.600. The Morgan fingerprint density at radius 2 is 1.74 bits per heavy atom. The van der Waals surface area contributed by atoms with Gasteiger partial charge in [0.25, 0.3) is 5.91 Å². The molecule has 3 fully saturated rings. The predicted octanol–water partition coefficient (Wildman–Crippen LogP) is 2.33. The largest absolute Gasteiger partial charge is 0.341 e. The van der Waals surface area contributed by atoms with Gasteiger partial charge in [-0.1, -0.05) is 43.2 Å². The Bertz CT molecular complexity index is 719. The predicted molar refractivity (Wildman–Crippen MR) is 101 cm³/mol. The zero-order valence-electron chi connectivity index (χ0n) is 15.7. The van der Waals surface area contributed by atoms with Gasteiger partial charge in [-0.05, 0) is 43.6 Å². The van der Waals surface area contributed by atoms with Crippen molar-refractivity contribution >= 4 is 17.8 Å². The average molecular weight is 369 g/mol. The lowest BCUT2D eigenvalue weighted by atomic mass is 9.90. The highest BCUT2D eigenvalue weighted by molar-refractivity contribution is 6.09. The van der Waals surface area contributed by atoms with Gasteiger partial charge in [0.15, 0.2) is 0 Å². The molecule has 0 bridgehead atoms. The van der Waals surface area contributed by atoms with E-state index in [2.05, 4.69) is 29.6 Å². The molecule has 0 aromatic heterocycles. The summed E-state index contributed by atoms with van der Waals surface area (Å²) < 4.78 is 0. The topological polar surface area (TPSA) is 69.7 Å². The standard InChI is InChI=1S/C21H27N3O3/c25-18(15-24-19(26)21(22-20(24)27)10-4-5-11-21)23-12-8-17(9-13-23)14-16-6-2-1-3-7-16/h1-3,6-7,17H,4-5,8-15H2,(H,22,27). The Kier molecular flexibility index (Phi) is 4.89. The van der Waals surface area contributed by atoms with Crippen molar-refractivity contribution in [2.45, 2.75) is 50.5 Å². The van der Waals surface area contributed by atoms with Crippen LogP contribution in [-0.2, 0) is 16.0 Å². The fraction of sp³-hybridized carbons (Fsp3) is 0.571. The molecule has 1 saturated carbocycles. The Morgan fingerprint density at radius 1 is 1.07 bits per heavy atom. The molecule has 1 aliphatic carbocycles. The first-order valence-electron chi connectivity index (χ1n) is 10.0. The number of nitrogens with one attached hydrogen (secondary N) is 1. The smallest absolute Gasteiger partial charge is 0.325 e. The maximum atomic E-state index is 12.7. The lowest BCUT2D eigenvalue weighted by Gasteiger charge is -2.33. The van der Waals surface area contributed by atoms with Crippen LogP contribution in [0.3, 0.4) is 0 Å². The number of carbonyl (C=O) groups is 3. The third-order valence-electron chi connectivity index (χ3n) is 6.33. The number of imide groups is 1. The molecule has 0 unspecified atom stereocenters. The van der Waals surface area contributed by atoms with Gasteiger partial charge in [0.05, 0.1) is 0 Å². The second kappa shape index (κ2) is 7.33. The summed E-state index contributed by atoms with van der Waals surface area (Å²) >= 11 is 0. The van der Waals surface area contributed by atoms with Crippen LogP contribution in [0.25, 0.3) is 0 Å². The number of hydrogen-bond acceptors (Lipinski definition) is 3. The number of nitrogens with zero attached hydrogens (tertiary/aromatic N) is 2. The van der Waals surface area contributed by atoms with E-state index in [1.807, 2.05) is 11.0 Å². The number of piperidine rings is 1. The normalized spacial score (nSPS) is 22.5. The number of amides is 4. The van der Waals surface area contributed by atoms with Crippen molar-refractivity contribution in [2.24, 2.45) is 5.92 Å². The first kappa shape index (κ1) is 18.0. The van der Waals surface area contributed by atoms with Gasteiger partial charge in [0.2, 0.25) is 5.91 Å². The first-order chi connectivity index (χ1) is 13.1. The molecule has 6 heteroatoms. The van der Waals surface area contributed by atoms with E-state index in [1.54, 1.807) is 0 Å². The summed E-state index contributed by atoms with van der Waals surface area (Å²) in [6, 6.07) is 10.0. The summed E-state index contributed by atoms with van der Waals surface area (Å²) in [7, 11) is 0. The molecule has 6 nitrogen and oxygen atoms in total.